The molecule has 4 rings (SSSR count). The third kappa shape index (κ3) is 3.71. The van der Waals surface area contributed by atoms with E-state index in [4.69, 9.17) is 11.6 Å². The van der Waals surface area contributed by atoms with Crippen molar-refractivity contribution in [2.24, 2.45) is 0 Å². The largest absolute Gasteiger partial charge is 0.311 e. The van der Waals surface area contributed by atoms with Crippen molar-refractivity contribution in [3.05, 3.63) is 71.6 Å². The van der Waals surface area contributed by atoms with Gasteiger partial charge in [0.2, 0.25) is 5.91 Å². The fourth-order valence-electron chi connectivity index (χ4n) is 3.31. The van der Waals surface area contributed by atoms with Crippen molar-refractivity contribution in [2.75, 3.05) is 11.4 Å². The Morgan fingerprint density at radius 2 is 1.66 bits per heavy atom. The second-order valence-electron chi connectivity index (χ2n) is 6.59. The summed E-state index contributed by atoms with van der Waals surface area (Å²) in [4.78, 5) is 28.4. The first-order valence-corrected chi connectivity index (χ1v) is 9.77. The quantitative estimate of drug-likeness (QED) is 0.458. The normalized spacial score (nSPS) is 11.0. The van der Waals surface area contributed by atoms with Crippen LogP contribution in [0.4, 0.5) is 5.69 Å². The average molecular weight is 406 g/mol. The van der Waals surface area contributed by atoms with Crippen molar-refractivity contribution >= 4 is 34.4 Å². The van der Waals surface area contributed by atoms with Crippen LogP contribution in [0.5, 0.6) is 0 Å². The maximum atomic E-state index is 13.1. The Bertz CT molecular complexity index is 1160. The molecule has 0 saturated carbocycles. The maximum Gasteiger partial charge on any atom is 0.247 e. The molecular formula is C22H20ClN5O. The number of carbonyl (C=O) groups excluding carboxylic acids is 1. The molecule has 6 nitrogen and oxygen atoms in total. The van der Waals surface area contributed by atoms with E-state index in [1.807, 2.05) is 74.5 Å². The Morgan fingerprint density at radius 1 is 1.00 bits per heavy atom. The summed E-state index contributed by atoms with van der Waals surface area (Å²) in [5, 5.41) is 0.276. The molecule has 0 aliphatic carbocycles. The number of hydrogen-bond donors (Lipinski definition) is 0. The summed E-state index contributed by atoms with van der Waals surface area (Å²) in [6, 6.07) is 19.2. The zero-order valence-electron chi connectivity index (χ0n) is 16.2. The van der Waals surface area contributed by atoms with Crippen LogP contribution in [0.3, 0.4) is 0 Å². The number of carbonyl (C=O) groups is 1. The molecule has 0 fully saturated rings. The van der Waals surface area contributed by atoms with Crippen molar-refractivity contribution < 1.29 is 4.79 Å². The second kappa shape index (κ2) is 8.01. The predicted molar refractivity (Wildman–Crippen MR) is 115 cm³/mol. The zero-order valence-corrected chi connectivity index (χ0v) is 17.0. The van der Waals surface area contributed by atoms with Crippen LogP contribution in [0.2, 0.25) is 5.15 Å². The van der Waals surface area contributed by atoms with E-state index in [1.165, 1.54) is 0 Å². The maximum absolute atomic E-state index is 13.1. The summed E-state index contributed by atoms with van der Waals surface area (Å²) in [7, 11) is 0. The molecule has 2 aromatic heterocycles. The highest BCUT2D eigenvalue weighted by atomic mass is 35.5. The molecule has 0 unspecified atom stereocenters. The molecule has 2 aromatic carbocycles. The molecule has 0 saturated heterocycles. The van der Waals surface area contributed by atoms with Gasteiger partial charge in [-0.25, -0.2) is 15.0 Å². The fraction of sp³-hybridized carbons (Fsp3) is 0.182. The van der Waals surface area contributed by atoms with Gasteiger partial charge in [0.25, 0.3) is 0 Å². The van der Waals surface area contributed by atoms with E-state index in [-0.39, 0.29) is 17.6 Å². The van der Waals surface area contributed by atoms with Gasteiger partial charge < -0.3 is 9.47 Å². The summed E-state index contributed by atoms with van der Waals surface area (Å²) in [6.07, 6.45) is 0. The number of halogens is 1. The van der Waals surface area contributed by atoms with Crippen LogP contribution in [-0.2, 0) is 11.3 Å². The first-order valence-electron chi connectivity index (χ1n) is 9.39. The van der Waals surface area contributed by atoms with Crippen molar-refractivity contribution in [3.8, 4) is 11.4 Å². The van der Waals surface area contributed by atoms with Gasteiger partial charge in [0.1, 0.15) is 17.9 Å². The number of imidazole rings is 1. The molecule has 29 heavy (non-hydrogen) atoms. The molecule has 0 spiro atoms. The number of rotatable bonds is 5. The molecular weight excluding hydrogens is 386 g/mol. The molecule has 7 heteroatoms. The Hall–Kier alpha value is -3.25. The number of aryl methyl sites for hydroxylation is 1. The number of aromatic nitrogens is 4. The van der Waals surface area contributed by atoms with Gasteiger partial charge in [0, 0.05) is 17.8 Å². The predicted octanol–water partition coefficient (Wildman–Crippen LogP) is 4.51. The topological polar surface area (TPSA) is 63.9 Å². The summed E-state index contributed by atoms with van der Waals surface area (Å²) in [5.41, 5.74) is 2.77. The van der Waals surface area contributed by atoms with Crippen LogP contribution in [0, 0.1) is 6.92 Å². The van der Waals surface area contributed by atoms with E-state index >= 15 is 0 Å². The summed E-state index contributed by atoms with van der Waals surface area (Å²) in [6.45, 7) is 4.48. The van der Waals surface area contributed by atoms with Crippen molar-refractivity contribution in [1.29, 1.82) is 0 Å². The molecule has 0 aliphatic heterocycles. The number of anilines is 1. The Kier molecular flexibility index (Phi) is 5.27. The van der Waals surface area contributed by atoms with Crippen LogP contribution >= 0.6 is 11.6 Å². The SMILES string of the molecule is CCN(C(=O)Cn1c(C)nc2c(Cl)nc(-c3ccccc3)nc21)c1ccccc1. The highest BCUT2D eigenvalue weighted by Gasteiger charge is 2.20. The minimum Gasteiger partial charge on any atom is -0.311 e. The van der Waals surface area contributed by atoms with Gasteiger partial charge >= 0.3 is 0 Å². The first-order chi connectivity index (χ1) is 14.1. The highest BCUT2D eigenvalue weighted by Crippen LogP contribution is 2.25. The molecule has 146 valence electrons. The molecule has 0 atom stereocenters. The van der Waals surface area contributed by atoms with E-state index in [0.29, 0.717) is 29.4 Å². The van der Waals surface area contributed by atoms with E-state index < -0.39 is 0 Å². The Balaban J connectivity index is 1.74. The molecule has 0 N–H and O–H groups in total. The Morgan fingerprint density at radius 3 is 2.31 bits per heavy atom. The van der Waals surface area contributed by atoms with E-state index in [1.54, 1.807) is 9.47 Å². The third-order valence-electron chi connectivity index (χ3n) is 4.75. The number of nitrogens with zero attached hydrogens (tertiary/aromatic N) is 5. The van der Waals surface area contributed by atoms with Gasteiger partial charge in [-0.1, -0.05) is 60.1 Å². The first kappa shape index (κ1) is 19.1. The highest BCUT2D eigenvalue weighted by molar-refractivity contribution is 6.33. The number of benzene rings is 2. The number of amides is 1. The molecule has 4 aromatic rings. The summed E-state index contributed by atoms with van der Waals surface area (Å²) in [5.74, 6) is 1.13. The summed E-state index contributed by atoms with van der Waals surface area (Å²) >= 11 is 6.40. The third-order valence-corrected chi connectivity index (χ3v) is 5.02. The van der Waals surface area contributed by atoms with Crippen LogP contribution in [0.1, 0.15) is 12.7 Å². The van der Waals surface area contributed by atoms with E-state index in [0.717, 1.165) is 11.3 Å². The van der Waals surface area contributed by atoms with Gasteiger partial charge in [-0.2, -0.15) is 0 Å². The van der Waals surface area contributed by atoms with Gasteiger partial charge in [0.15, 0.2) is 16.6 Å². The van der Waals surface area contributed by atoms with Gasteiger partial charge in [-0.05, 0) is 26.0 Å². The molecule has 0 aliphatic rings. The van der Waals surface area contributed by atoms with E-state index in [2.05, 4.69) is 15.0 Å². The summed E-state index contributed by atoms with van der Waals surface area (Å²) < 4.78 is 1.79. The van der Waals surface area contributed by atoms with Crippen molar-refractivity contribution in [1.82, 2.24) is 19.5 Å². The van der Waals surface area contributed by atoms with Crippen LogP contribution in [0.15, 0.2) is 60.7 Å². The lowest BCUT2D eigenvalue weighted by atomic mass is 10.2. The lowest BCUT2D eigenvalue weighted by Gasteiger charge is -2.21. The standard InChI is InChI=1S/C22H20ClN5O/c1-3-27(17-12-8-5-9-13-17)18(29)14-28-15(2)24-19-20(23)25-21(26-22(19)28)16-10-6-4-7-11-16/h4-13H,3,14H2,1-2H3. The second-order valence-corrected chi connectivity index (χ2v) is 6.95. The zero-order chi connectivity index (χ0) is 20.4. The van der Waals surface area contributed by atoms with Gasteiger partial charge in [0.05, 0.1) is 0 Å². The van der Waals surface area contributed by atoms with Gasteiger partial charge in [-0.3, -0.25) is 4.79 Å². The van der Waals surface area contributed by atoms with E-state index in [9.17, 15) is 4.79 Å². The lowest BCUT2D eigenvalue weighted by molar-refractivity contribution is -0.119. The fourth-order valence-corrected chi connectivity index (χ4v) is 3.52. The van der Waals surface area contributed by atoms with Crippen molar-refractivity contribution in [2.45, 2.75) is 20.4 Å². The number of fused-ring (bicyclic) bond motifs is 1. The molecule has 0 bridgehead atoms. The monoisotopic (exact) mass is 405 g/mol. The molecule has 1 amide bonds. The lowest BCUT2D eigenvalue weighted by Crippen LogP contribution is -2.34. The number of para-hydroxylation sites is 1. The minimum atomic E-state index is -0.0444. The molecule has 0 radical (unpaired) electrons. The molecule has 2 heterocycles. The number of likely N-dealkylation sites (N-methyl/N-ethyl adjacent to an activating group) is 1. The number of hydrogen-bond acceptors (Lipinski definition) is 4. The van der Waals surface area contributed by atoms with Crippen LogP contribution in [0.25, 0.3) is 22.6 Å². The smallest absolute Gasteiger partial charge is 0.247 e. The Labute approximate surface area is 173 Å². The van der Waals surface area contributed by atoms with Crippen LogP contribution in [-0.4, -0.2) is 32.0 Å². The minimum absolute atomic E-state index is 0.0444. The van der Waals surface area contributed by atoms with Gasteiger partial charge in [-0.15, -0.1) is 0 Å². The van der Waals surface area contributed by atoms with Crippen molar-refractivity contribution in [3.63, 3.8) is 0 Å². The average Bonchev–Trinajstić information content (AvgIpc) is 3.06. The van der Waals surface area contributed by atoms with Crippen LogP contribution < -0.4 is 4.90 Å².